The number of sulfonamides is 1. The highest BCUT2D eigenvalue weighted by Crippen LogP contribution is 2.25. The van der Waals surface area contributed by atoms with Crippen molar-refractivity contribution in [3.05, 3.63) is 93.6 Å². The molecule has 0 spiro atoms. The maximum Gasteiger partial charge on any atom is 0.308 e. The van der Waals surface area contributed by atoms with Gasteiger partial charge in [-0.15, -0.1) is 0 Å². The average Bonchev–Trinajstić information content (AvgIpc) is 3.14. The van der Waals surface area contributed by atoms with Gasteiger partial charge in [-0.2, -0.15) is 0 Å². The molecule has 0 fully saturated rings. The quantitative estimate of drug-likeness (QED) is 0.368. The van der Waals surface area contributed by atoms with Crippen LogP contribution in [0.15, 0.2) is 82.5 Å². The average molecular weight is 496 g/mol. The summed E-state index contributed by atoms with van der Waals surface area (Å²) in [4.78, 5) is 25.1. The van der Waals surface area contributed by atoms with Crippen LogP contribution in [0.2, 0.25) is 0 Å². The van der Waals surface area contributed by atoms with Crippen LogP contribution in [0, 0.1) is 0 Å². The Morgan fingerprint density at radius 1 is 1.03 bits per heavy atom. The topological polar surface area (TPSA) is 97.3 Å². The molecule has 1 amide bonds. The number of hydrogen-bond acceptors (Lipinski definition) is 5. The van der Waals surface area contributed by atoms with Crippen LogP contribution < -0.4 is 14.9 Å². The van der Waals surface area contributed by atoms with Gasteiger partial charge in [0.05, 0.1) is 32.4 Å². The molecule has 2 N–H and O–H groups in total. The number of para-hydroxylation sites is 1. The molecular weight excluding hydrogens is 470 g/mol. The van der Waals surface area contributed by atoms with Gasteiger partial charge in [0.25, 0.3) is 15.9 Å². The summed E-state index contributed by atoms with van der Waals surface area (Å²) in [5, 5.41) is 2.91. The predicted octanol–water partition coefficient (Wildman–Crippen LogP) is 4.76. The molecule has 4 aromatic rings. The molecule has 1 aromatic heterocycles. The number of thiazole rings is 1. The van der Waals surface area contributed by atoms with Crippen molar-refractivity contribution in [3.8, 4) is 0 Å². The maximum absolute atomic E-state index is 13.2. The molecule has 1 heterocycles. The zero-order chi connectivity index (χ0) is 24.3. The fourth-order valence-corrected chi connectivity index (χ4v) is 5.86. The number of nitrogens with one attached hydrogen (secondary N) is 2. The third-order valence-electron chi connectivity index (χ3n) is 5.46. The van der Waals surface area contributed by atoms with Gasteiger partial charge in [-0.25, -0.2) is 8.42 Å². The number of anilines is 1. The van der Waals surface area contributed by atoms with Crippen LogP contribution in [0.5, 0.6) is 0 Å². The lowest BCUT2D eigenvalue weighted by Gasteiger charge is -2.17. The van der Waals surface area contributed by atoms with E-state index in [1.807, 2.05) is 44.2 Å². The number of fused-ring (bicyclic) bond motifs is 1. The van der Waals surface area contributed by atoms with E-state index < -0.39 is 10.0 Å². The first-order chi connectivity index (χ1) is 16.3. The van der Waals surface area contributed by atoms with E-state index in [9.17, 15) is 18.0 Å². The molecule has 0 aliphatic heterocycles. The van der Waals surface area contributed by atoms with Crippen molar-refractivity contribution < 1.29 is 13.2 Å². The molecule has 176 valence electrons. The van der Waals surface area contributed by atoms with Gasteiger partial charge in [0.1, 0.15) is 0 Å². The van der Waals surface area contributed by atoms with Gasteiger partial charge in [-0.3, -0.25) is 18.9 Å². The first-order valence-corrected chi connectivity index (χ1v) is 13.2. The molecule has 9 heteroatoms. The molecule has 0 radical (unpaired) electrons. The first-order valence-electron chi connectivity index (χ1n) is 10.9. The van der Waals surface area contributed by atoms with Gasteiger partial charge in [0.2, 0.25) is 0 Å². The second kappa shape index (κ2) is 9.82. The lowest BCUT2D eigenvalue weighted by atomic mass is 10.1. The summed E-state index contributed by atoms with van der Waals surface area (Å²) >= 11 is 1.02. The molecule has 0 saturated carbocycles. The summed E-state index contributed by atoms with van der Waals surface area (Å²) in [6.07, 6.45) is 0.801. The highest BCUT2D eigenvalue weighted by Gasteiger charge is 2.21. The number of nitrogens with zero attached hydrogens (tertiary/aromatic N) is 1. The zero-order valence-corrected chi connectivity index (χ0v) is 20.4. The molecule has 0 aliphatic carbocycles. The summed E-state index contributed by atoms with van der Waals surface area (Å²) in [6, 6.07) is 20.3. The van der Waals surface area contributed by atoms with Crippen molar-refractivity contribution in [1.82, 2.24) is 9.88 Å². The number of carbonyl (C=O) groups is 1. The molecular formula is C25H25N3O4S2. The van der Waals surface area contributed by atoms with Gasteiger partial charge >= 0.3 is 4.87 Å². The van der Waals surface area contributed by atoms with Crippen molar-refractivity contribution in [2.24, 2.45) is 0 Å². The minimum absolute atomic E-state index is 0.0257. The Hall–Kier alpha value is -3.43. The number of hydrogen-bond donors (Lipinski definition) is 2. The van der Waals surface area contributed by atoms with Gasteiger partial charge < -0.3 is 5.32 Å². The SMILES string of the molecule is CCCn1c(=O)sc2cc(S(=O)(=O)Nc3ccccc3C(=O)NC(C)c3ccccc3)ccc21. The van der Waals surface area contributed by atoms with Crippen molar-refractivity contribution in [3.63, 3.8) is 0 Å². The monoisotopic (exact) mass is 495 g/mol. The highest BCUT2D eigenvalue weighted by atomic mass is 32.2. The second-order valence-corrected chi connectivity index (χ2v) is 10.6. The van der Waals surface area contributed by atoms with E-state index in [4.69, 9.17) is 0 Å². The van der Waals surface area contributed by atoms with Crippen LogP contribution in [0.4, 0.5) is 5.69 Å². The Kier molecular flexibility index (Phi) is 6.85. The Morgan fingerprint density at radius 2 is 1.74 bits per heavy atom. The Labute approximate surface area is 202 Å². The molecule has 34 heavy (non-hydrogen) atoms. The van der Waals surface area contributed by atoms with E-state index in [1.54, 1.807) is 34.9 Å². The Bertz CT molecular complexity index is 1490. The molecule has 1 atom stereocenters. The van der Waals surface area contributed by atoms with Crippen LogP contribution in [0.3, 0.4) is 0 Å². The number of amides is 1. The molecule has 7 nitrogen and oxygen atoms in total. The lowest BCUT2D eigenvalue weighted by Crippen LogP contribution is -2.28. The van der Waals surface area contributed by atoms with Gasteiger partial charge in [0, 0.05) is 6.54 Å². The molecule has 1 unspecified atom stereocenters. The van der Waals surface area contributed by atoms with E-state index in [1.165, 1.54) is 12.1 Å². The molecule has 0 saturated heterocycles. The lowest BCUT2D eigenvalue weighted by molar-refractivity contribution is 0.0941. The third-order valence-corrected chi connectivity index (χ3v) is 7.77. The van der Waals surface area contributed by atoms with E-state index in [2.05, 4.69) is 10.0 Å². The minimum atomic E-state index is -3.99. The Balaban J connectivity index is 1.60. The van der Waals surface area contributed by atoms with Crippen molar-refractivity contribution >= 4 is 43.2 Å². The molecule has 3 aromatic carbocycles. The van der Waals surface area contributed by atoms with Crippen molar-refractivity contribution in [1.29, 1.82) is 0 Å². The smallest absolute Gasteiger partial charge is 0.308 e. The standard InChI is InChI=1S/C25H25N3O4S2/c1-3-15-28-22-14-13-19(16-23(22)33-25(28)30)34(31,32)27-21-12-8-7-11-20(21)24(29)26-17(2)18-9-5-4-6-10-18/h4-14,16-17,27H,3,15H2,1-2H3,(H,26,29). The van der Waals surface area contributed by atoms with Crippen molar-refractivity contribution in [2.45, 2.75) is 37.8 Å². The first kappa shape index (κ1) is 23.7. The van der Waals surface area contributed by atoms with Crippen LogP contribution >= 0.6 is 11.3 Å². The molecule has 0 aliphatic rings. The molecule has 0 bridgehead atoms. The van der Waals surface area contributed by atoms with Gasteiger partial charge in [0.15, 0.2) is 0 Å². The van der Waals surface area contributed by atoms with Crippen LogP contribution in [-0.4, -0.2) is 18.9 Å². The predicted molar refractivity (Wildman–Crippen MR) is 136 cm³/mol. The van der Waals surface area contributed by atoms with Gasteiger partial charge in [-0.1, -0.05) is 60.7 Å². The van der Waals surface area contributed by atoms with Crippen LogP contribution in [-0.2, 0) is 16.6 Å². The van der Waals surface area contributed by atoms with Crippen LogP contribution in [0.25, 0.3) is 10.2 Å². The summed E-state index contributed by atoms with van der Waals surface area (Å²) in [5.74, 6) is -0.389. The fourth-order valence-electron chi connectivity index (χ4n) is 3.72. The minimum Gasteiger partial charge on any atom is -0.345 e. The van der Waals surface area contributed by atoms with E-state index >= 15 is 0 Å². The van der Waals surface area contributed by atoms with Crippen molar-refractivity contribution in [2.75, 3.05) is 4.72 Å². The van der Waals surface area contributed by atoms with Gasteiger partial charge in [-0.05, 0) is 49.2 Å². The summed E-state index contributed by atoms with van der Waals surface area (Å²) in [7, 11) is -3.99. The third kappa shape index (κ3) is 4.90. The number of carbonyl (C=O) groups excluding carboxylic acids is 1. The fraction of sp³-hybridized carbons (Fsp3) is 0.200. The highest BCUT2D eigenvalue weighted by molar-refractivity contribution is 7.92. The van der Waals surface area contributed by atoms with Crippen LogP contribution in [0.1, 0.15) is 42.2 Å². The summed E-state index contributed by atoms with van der Waals surface area (Å²) < 4.78 is 31.1. The largest absolute Gasteiger partial charge is 0.345 e. The van der Waals surface area contributed by atoms with E-state index in [-0.39, 0.29) is 33.0 Å². The normalized spacial score (nSPS) is 12.4. The number of aryl methyl sites for hydroxylation is 1. The van der Waals surface area contributed by atoms with E-state index in [0.717, 1.165) is 23.3 Å². The maximum atomic E-state index is 13.2. The van der Waals surface area contributed by atoms with E-state index in [0.29, 0.717) is 16.8 Å². The zero-order valence-electron chi connectivity index (χ0n) is 18.8. The molecule has 4 rings (SSSR count). The number of rotatable bonds is 8. The number of benzene rings is 3. The summed E-state index contributed by atoms with van der Waals surface area (Å²) in [6.45, 7) is 4.42. The second-order valence-electron chi connectivity index (χ2n) is 7.91. The Morgan fingerprint density at radius 3 is 2.47 bits per heavy atom. The summed E-state index contributed by atoms with van der Waals surface area (Å²) in [5.41, 5.74) is 2.05. The number of aromatic nitrogens is 1.